The Bertz CT molecular complexity index is 315. The van der Waals surface area contributed by atoms with Gasteiger partial charge in [0.05, 0.1) is 13.2 Å². The largest absolute Gasteiger partial charge is 0.480 e. The summed E-state index contributed by atoms with van der Waals surface area (Å²) in [4.78, 5) is 24.6. The molecule has 0 radical (unpaired) electrons. The Kier molecular flexibility index (Phi) is 4.54. The van der Waals surface area contributed by atoms with E-state index in [4.69, 9.17) is 9.84 Å². The molecule has 2 unspecified atom stereocenters. The average molecular weight is 256 g/mol. The van der Waals surface area contributed by atoms with Crippen LogP contribution in [-0.4, -0.2) is 60.8 Å². The van der Waals surface area contributed by atoms with Crippen molar-refractivity contribution in [2.24, 2.45) is 5.92 Å². The molecule has 2 aliphatic rings. The number of morpholine rings is 1. The monoisotopic (exact) mass is 256 g/mol. The van der Waals surface area contributed by atoms with Crippen LogP contribution in [0, 0.1) is 5.92 Å². The first kappa shape index (κ1) is 13.3. The fraction of sp³-hybridized carbons (Fsp3) is 0.833. The number of carbonyl (C=O) groups excluding carboxylic acids is 1. The van der Waals surface area contributed by atoms with E-state index in [1.807, 2.05) is 0 Å². The van der Waals surface area contributed by atoms with Crippen LogP contribution >= 0.6 is 0 Å². The smallest absolute Gasteiger partial charge is 0.328 e. The molecule has 2 heterocycles. The van der Waals surface area contributed by atoms with Crippen LogP contribution in [0.1, 0.15) is 19.3 Å². The van der Waals surface area contributed by atoms with E-state index in [2.05, 4.69) is 5.32 Å². The van der Waals surface area contributed by atoms with E-state index < -0.39 is 12.0 Å². The standard InChI is InChI=1S/C12H20N2O4/c15-11(2-1-9-3-4-13-7-9)14-5-6-18-8-10(14)12(16)17/h9-10,13H,1-8H2,(H,16,17). The number of carboxylic acids is 1. The molecule has 2 saturated heterocycles. The summed E-state index contributed by atoms with van der Waals surface area (Å²) in [5.41, 5.74) is 0. The molecule has 6 nitrogen and oxygen atoms in total. The van der Waals surface area contributed by atoms with Gasteiger partial charge in [0.15, 0.2) is 6.04 Å². The third kappa shape index (κ3) is 3.20. The number of nitrogens with zero attached hydrogens (tertiary/aromatic N) is 1. The molecule has 1 amide bonds. The highest BCUT2D eigenvalue weighted by Crippen LogP contribution is 2.17. The number of carboxylic acid groups (broad SMARTS) is 1. The molecular formula is C12H20N2O4. The lowest BCUT2D eigenvalue weighted by molar-refractivity contribution is -0.158. The number of nitrogens with one attached hydrogen (secondary N) is 1. The highest BCUT2D eigenvalue weighted by Gasteiger charge is 2.32. The molecule has 0 aromatic carbocycles. The van der Waals surface area contributed by atoms with Crippen molar-refractivity contribution >= 4 is 11.9 Å². The van der Waals surface area contributed by atoms with Crippen LogP contribution in [0.2, 0.25) is 0 Å². The van der Waals surface area contributed by atoms with Gasteiger partial charge in [0.1, 0.15) is 0 Å². The Morgan fingerprint density at radius 3 is 2.94 bits per heavy atom. The van der Waals surface area contributed by atoms with Gasteiger partial charge in [-0.3, -0.25) is 4.79 Å². The fourth-order valence-electron chi connectivity index (χ4n) is 2.54. The molecule has 2 fully saturated rings. The molecule has 0 aromatic heterocycles. The Morgan fingerprint density at radius 1 is 1.44 bits per heavy atom. The second-order valence-electron chi connectivity index (χ2n) is 4.91. The van der Waals surface area contributed by atoms with Crippen molar-refractivity contribution in [2.45, 2.75) is 25.3 Å². The van der Waals surface area contributed by atoms with E-state index in [1.54, 1.807) is 0 Å². The zero-order valence-electron chi connectivity index (χ0n) is 10.4. The third-order valence-electron chi connectivity index (χ3n) is 3.66. The molecule has 102 valence electrons. The second kappa shape index (κ2) is 6.15. The lowest BCUT2D eigenvalue weighted by atomic mass is 10.0. The van der Waals surface area contributed by atoms with Crippen LogP contribution in [0.25, 0.3) is 0 Å². The number of amides is 1. The minimum Gasteiger partial charge on any atom is -0.480 e. The molecule has 0 spiro atoms. The van der Waals surface area contributed by atoms with E-state index in [1.165, 1.54) is 4.90 Å². The van der Waals surface area contributed by atoms with Crippen LogP contribution in [0.15, 0.2) is 0 Å². The zero-order valence-corrected chi connectivity index (χ0v) is 10.4. The summed E-state index contributed by atoms with van der Waals surface area (Å²) >= 11 is 0. The summed E-state index contributed by atoms with van der Waals surface area (Å²) in [6.45, 7) is 2.91. The molecule has 18 heavy (non-hydrogen) atoms. The lowest BCUT2D eigenvalue weighted by Gasteiger charge is -2.33. The molecule has 6 heteroatoms. The second-order valence-corrected chi connectivity index (χ2v) is 4.91. The fourth-order valence-corrected chi connectivity index (χ4v) is 2.54. The van der Waals surface area contributed by atoms with Crippen LogP contribution < -0.4 is 5.32 Å². The number of aliphatic carboxylic acids is 1. The molecule has 2 atom stereocenters. The molecule has 2 N–H and O–H groups in total. The summed E-state index contributed by atoms with van der Waals surface area (Å²) in [7, 11) is 0. The van der Waals surface area contributed by atoms with Crippen LogP contribution in [0.4, 0.5) is 0 Å². The van der Waals surface area contributed by atoms with E-state index in [9.17, 15) is 9.59 Å². The first-order chi connectivity index (χ1) is 8.68. The minimum absolute atomic E-state index is 0.0578. The van der Waals surface area contributed by atoms with Gasteiger partial charge in [-0.1, -0.05) is 0 Å². The molecule has 2 rings (SSSR count). The number of carbonyl (C=O) groups is 2. The molecular weight excluding hydrogens is 236 g/mol. The van der Waals surface area contributed by atoms with E-state index in [0.29, 0.717) is 25.5 Å². The summed E-state index contributed by atoms with van der Waals surface area (Å²) in [5.74, 6) is -0.485. The van der Waals surface area contributed by atoms with Crippen molar-refractivity contribution < 1.29 is 19.4 Å². The van der Waals surface area contributed by atoms with Crippen LogP contribution in [0.5, 0.6) is 0 Å². The predicted molar refractivity (Wildman–Crippen MR) is 64.2 cm³/mol. The van der Waals surface area contributed by atoms with Gasteiger partial charge in [-0.2, -0.15) is 0 Å². The molecule has 0 aliphatic carbocycles. The average Bonchev–Trinajstić information content (AvgIpc) is 2.89. The van der Waals surface area contributed by atoms with Crippen molar-refractivity contribution in [3.8, 4) is 0 Å². The quantitative estimate of drug-likeness (QED) is 0.721. The first-order valence-electron chi connectivity index (χ1n) is 6.49. The Labute approximate surface area is 106 Å². The molecule has 0 bridgehead atoms. The lowest BCUT2D eigenvalue weighted by Crippen LogP contribution is -2.52. The zero-order chi connectivity index (χ0) is 13.0. The summed E-state index contributed by atoms with van der Waals surface area (Å²) < 4.78 is 5.12. The Morgan fingerprint density at radius 2 is 2.28 bits per heavy atom. The maximum Gasteiger partial charge on any atom is 0.328 e. The first-order valence-corrected chi connectivity index (χ1v) is 6.49. The van der Waals surface area contributed by atoms with Crippen molar-refractivity contribution in [1.82, 2.24) is 10.2 Å². The summed E-state index contributed by atoms with van der Waals surface area (Å²) in [5, 5.41) is 12.3. The van der Waals surface area contributed by atoms with Crippen molar-refractivity contribution in [1.29, 1.82) is 0 Å². The van der Waals surface area contributed by atoms with Gasteiger partial charge in [-0.05, 0) is 31.8 Å². The maximum absolute atomic E-state index is 12.1. The normalized spacial score (nSPS) is 28.3. The van der Waals surface area contributed by atoms with Crippen molar-refractivity contribution in [3.05, 3.63) is 0 Å². The van der Waals surface area contributed by atoms with Gasteiger partial charge in [-0.15, -0.1) is 0 Å². The maximum atomic E-state index is 12.1. The highest BCUT2D eigenvalue weighted by atomic mass is 16.5. The van der Waals surface area contributed by atoms with E-state index in [-0.39, 0.29) is 12.5 Å². The van der Waals surface area contributed by atoms with Gasteiger partial charge < -0.3 is 20.1 Å². The van der Waals surface area contributed by atoms with Crippen LogP contribution in [0.3, 0.4) is 0 Å². The number of hydrogen-bond acceptors (Lipinski definition) is 4. The van der Waals surface area contributed by atoms with Gasteiger partial charge in [-0.25, -0.2) is 4.79 Å². The summed E-state index contributed by atoms with van der Waals surface area (Å²) in [6, 6.07) is -0.812. The minimum atomic E-state index is -0.981. The Balaban J connectivity index is 1.83. The van der Waals surface area contributed by atoms with Gasteiger partial charge in [0.25, 0.3) is 0 Å². The van der Waals surface area contributed by atoms with Gasteiger partial charge in [0, 0.05) is 13.0 Å². The van der Waals surface area contributed by atoms with Crippen molar-refractivity contribution in [2.75, 3.05) is 32.8 Å². The van der Waals surface area contributed by atoms with Crippen molar-refractivity contribution in [3.63, 3.8) is 0 Å². The Hall–Kier alpha value is -1.14. The van der Waals surface area contributed by atoms with Gasteiger partial charge in [0.2, 0.25) is 5.91 Å². The van der Waals surface area contributed by atoms with E-state index >= 15 is 0 Å². The molecule has 2 aliphatic heterocycles. The van der Waals surface area contributed by atoms with E-state index in [0.717, 1.165) is 25.9 Å². The van der Waals surface area contributed by atoms with Gasteiger partial charge >= 0.3 is 5.97 Å². The SMILES string of the molecule is O=C(O)C1COCCN1C(=O)CCC1CCNC1. The molecule has 0 saturated carbocycles. The number of ether oxygens (including phenoxy) is 1. The predicted octanol–water partition coefficient (Wildman–Crippen LogP) is -0.312. The molecule has 0 aromatic rings. The topological polar surface area (TPSA) is 78.9 Å². The van der Waals surface area contributed by atoms with Crippen LogP contribution in [-0.2, 0) is 14.3 Å². The highest BCUT2D eigenvalue weighted by molar-refractivity contribution is 5.84. The third-order valence-corrected chi connectivity index (χ3v) is 3.66. The number of rotatable bonds is 4. The number of hydrogen-bond donors (Lipinski definition) is 2. The summed E-state index contributed by atoms with van der Waals surface area (Å²) in [6.07, 6.45) is 2.39.